The summed E-state index contributed by atoms with van der Waals surface area (Å²) < 4.78 is 0. The Morgan fingerprint density at radius 1 is 1.04 bits per heavy atom. The van der Waals surface area contributed by atoms with Gasteiger partial charge in [-0.05, 0) is 49.9 Å². The molecular formula is C21H23NO3. The zero-order chi connectivity index (χ0) is 18.0. The average molecular weight is 337 g/mol. The third-order valence-electron chi connectivity index (χ3n) is 4.85. The van der Waals surface area contributed by atoms with Crippen molar-refractivity contribution in [3.8, 4) is 0 Å². The van der Waals surface area contributed by atoms with Crippen LogP contribution >= 0.6 is 0 Å². The Morgan fingerprint density at radius 3 is 2.44 bits per heavy atom. The van der Waals surface area contributed by atoms with Crippen molar-refractivity contribution in [1.82, 2.24) is 4.90 Å². The summed E-state index contributed by atoms with van der Waals surface area (Å²) in [5.74, 6) is -0.337. The van der Waals surface area contributed by atoms with Gasteiger partial charge in [0.1, 0.15) is 0 Å². The molecule has 0 aliphatic carbocycles. The molecule has 130 valence electrons. The Labute approximate surface area is 148 Å². The molecule has 2 aromatic carbocycles. The summed E-state index contributed by atoms with van der Waals surface area (Å²) in [4.78, 5) is 27.5. The molecule has 1 aliphatic heterocycles. The number of aryl methyl sites for hydroxylation is 2. The Balaban J connectivity index is 1.93. The van der Waals surface area contributed by atoms with Gasteiger partial charge in [0, 0.05) is 24.2 Å². The molecule has 1 N–H and O–H groups in total. The molecule has 1 fully saturated rings. The summed E-state index contributed by atoms with van der Waals surface area (Å²) in [5, 5.41) is 9.83. The first-order valence-electron chi connectivity index (χ1n) is 8.65. The third kappa shape index (κ3) is 3.64. The van der Waals surface area contributed by atoms with Crippen molar-refractivity contribution < 1.29 is 14.7 Å². The Bertz CT molecular complexity index is 813. The number of amides is 1. The molecule has 0 spiro atoms. The fraction of sp³-hybridized carbons (Fsp3) is 0.333. The monoisotopic (exact) mass is 337 g/mol. The van der Waals surface area contributed by atoms with Crippen molar-refractivity contribution in [1.29, 1.82) is 0 Å². The quantitative estimate of drug-likeness (QED) is 0.876. The average Bonchev–Trinajstić information content (AvgIpc) is 2.63. The number of likely N-dealkylation sites (tertiary alicyclic amines) is 1. The Morgan fingerprint density at radius 2 is 1.76 bits per heavy atom. The third-order valence-corrected chi connectivity index (χ3v) is 4.85. The van der Waals surface area contributed by atoms with Gasteiger partial charge in [0.15, 0.2) is 5.78 Å². The van der Waals surface area contributed by atoms with Crippen molar-refractivity contribution in [3.63, 3.8) is 0 Å². The second kappa shape index (κ2) is 7.19. The van der Waals surface area contributed by atoms with E-state index in [0.29, 0.717) is 36.2 Å². The van der Waals surface area contributed by atoms with Crippen LogP contribution in [0.3, 0.4) is 0 Å². The molecule has 1 atom stereocenters. The molecule has 1 heterocycles. The molecular weight excluding hydrogens is 314 g/mol. The topological polar surface area (TPSA) is 57.6 Å². The van der Waals surface area contributed by atoms with Crippen molar-refractivity contribution in [2.45, 2.75) is 32.8 Å². The van der Waals surface area contributed by atoms with Gasteiger partial charge in [0.25, 0.3) is 5.91 Å². The van der Waals surface area contributed by atoms with E-state index in [9.17, 15) is 14.7 Å². The maximum absolute atomic E-state index is 13.0. The van der Waals surface area contributed by atoms with E-state index < -0.39 is 6.10 Å². The first kappa shape index (κ1) is 17.4. The lowest BCUT2D eigenvalue weighted by atomic mass is 9.95. The Kier molecular flexibility index (Phi) is 5.00. The highest BCUT2D eigenvalue weighted by Gasteiger charge is 2.26. The number of piperidine rings is 1. The SMILES string of the molecule is Cc1ccc(C(=O)c2ccccc2C(=O)N2CCCC(O)C2)cc1C. The fourth-order valence-corrected chi connectivity index (χ4v) is 3.22. The van der Waals surface area contributed by atoms with E-state index in [1.54, 1.807) is 35.2 Å². The van der Waals surface area contributed by atoms with Crippen molar-refractivity contribution >= 4 is 11.7 Å². The molecule has 0 aromatic heterocycles. The minimum absolute atomic E-state index is 0.149. The number of nitrogens with zero attached hydrogens (tertiary/aromatic N) is 1. The van der Waals surface area contributed by atoms with E-state index >= 15 is 0 Å². The van der Waals surface area contributed by atoms with Crippen molar-refractivity contribution in [2.24, 2.45) is 0 Å². The lowest BCUT2D eigenvalue weighted by molar-refractivity contribution is 0.0472. The summed E-state index contributed by atoms with van der Waals surface area (Å²) >= 11 is 0. The summed E-state index contributed by atoms with van der Waals surface area (Å²) in [5.41, 5.74) is 3.58. The van der Waals surface area contributed by atoms with E-state index in [0.717, 1.165) is 17.5 Å². The van der Waals surface area contributed by atoms with E-state index in [-0.39, 0.29) is 11.7 Å². The van der Waals surface area contributed by atoms with Gasteiger partial charge in [-0.15, -0.1) is 0 Å². The first-order valence-corrected chi connectivity index (χ1v) is 8.65. The van der Waals surface area contributed by atoms with Gasteiger partial charge < -0.3 is 10.0 Å². The molecule has 1 aliphatic rings. The highest BCUT2D eigenvalue weighted by Crippen LogP contribution is 2.20. The second-order valence-electron chi connectivity index (χ2n) is 6.72. The highest BCUT2D eigenvalue weighted by molar-refractivity contribution is 6.15. The normalized spacial score (nSPS) is 17.4. The number of benzene rings is 2. The highest BCUT2D eigenvalue weighted by atomic mass is 16.3. The van der Waals surface area contributed by atoms with Crippen LogP contribution in [0.15, 0.2) is 42.5 Å². The summed E-state index contributed by atoms with van der Waals surface area (Å²) in [6.45, 7) is 4.91. The van der Waals surface area contributed by atoms with E-state index in [4.69, 9.17) is 0 Å². The zero-order valence-electron chi connectivity index (χ0n) is 14.7. The summed E-state index contributed by atoms with van der Waals surface area (Å²) in [6, 6.07) is 12.5. The molecule has 0 bridgehead atoms. The summed E-state index contributed by atoms with van der Waals surface area (Å²) in [6.07, 6.45) is 1.01. The number of carbonyl (C=O) groups is 2. The van der Waals surface area contributed by atoms with E-state index in [1.165, 1.54) is 0 Å². The molecule has 0 saturated carbocycles. The van der Waals surface area contributed by atoms with E-state index in [1.807, 2.05) is 26.0 Å². The smallest absolute Gasteiger partial charge is 0.254 e. The van der Waals surface area contributed by atoms with Crippen LogP contribution in [0.5, 0.6) is 0 Å². The number of carbonyl (C=O) groups excluding carboxylic acids is 2. The molecule has 1 amide bonds. The predicted octanol–water partition coefficient (Wildman–Crippen LogP) is 3.13. The lowest BCUT2D eigenvalue weighted by Gasteiger charge is -2.30. The molecule has 1 unspecified atom stereocenters. The molecule has 25 heavy (non-hydrogen) atoms. The fourth-order valence-electron chi connectivity index (χ4n) is 3.22. The number of hydrogen-bond acceptors (Lipinski definition) is 3. The van der Waals surface area contributed by atoms with Crippen LogP contribution < -0.4 is 0 Å². The summed E-state index contributed by atoms with van der Waals surface area (Å²) in [7, 11) is 0. The first-order chi connectivity index (χ1) is 12.0. The van der Waals surface area contributed by atoms with Gasteiger partial charge in [0.2, 0.25) is 0 Å². The van der Waals surface area contributed by atoms with Crippen LogP contribution in [0.2, 0.25) is 0 Å². The van der Waals surface area contributed by atoms with Crippen LogP contribution in [0.4, 0.5) is 0 Å². The van der Waals surface area contributed by atoms with Crippen LogP contribution in [-0.2, 0) is 0 Å². The van der Waals surface area contributed by atoms with Crippen LogP contribution in [0.1, 0.15) is 50.2 Å². The number of aliphatic hydroxyl groups excluding tert-OH is 1. The zero-order valence-corrected chi connectivity index (χ0v) is 14.7. The second-order valence-corrected chi connectivity index (χ2v) is 6.72. The standard InChI is InChI=1S/C21H23NO3/c1-14-9-10-16(12-15(14)2)20(24)18-7-3-4-8-19(18)21(25)22-11-5-6-17(23)13-22/h3-4,7-10,12,17,23H,5-6,11,13H2,1-2H3. The maximum atomic E-state index is 13.0. The molecule has 4 nitrogen and oxygen atoms in total. The van der Waals surface area contributed by atoms with Crippen LogP contribution in [-0.4, -0.2) is 40.9 Å². The largest absolute Gasteiger partial charge is 0.391 e. The van der Waals surface area contributed by atoms with Crippen LogP contribution in [0, 0.1) is 13.8 Å². The van der Waals surface area contributed by atoms with Crippen molar-refractivity contribution in [2.75, 3.05) is 13.1 Å². The Hall–Kier alpha value is -2.46. The minimum Gasteiger partial charge on any atom is -0.391 e. The molecule has 1 saturated heterocycles. The van der Waals surface area contributed by atoms with Gasteiger partial charge >= 0.3 is 0 Å². The van der Waals surface area contributed by atoms with Gasteiger partial charge in [-0.3, -0.25) is 9.59 Å². The lowest BCUT2D eigenvalue weighted by Crippen LogP contribution is -2.42. The van der Waals surface area contributed by atoms with Gasteiger partial charge in [-0.1, -0.05) is 30.3 Å². The number of hydrogen-bond donors (Lipinski definition) is 1. The van der Waals surface area contributed by atoms with Crippen molar-refractivity contribution in [3.05, 3.63) is 70.3 Å². The molecule has 4 heteroatoms. The predicted molar refractivity (Wildman–Crippen MR) is 96.9 cm³/mol. The molecule has 3 rings (SSSR count). The van der Waals surface area contributed by atoms with E-state index in [2.05, 4.69) is 0 Å². The van der Waals surface area contributed by atoms with Gasteiger partial charge in [-0.25, -0.2) is 0 Å². The number of aliphatic hydroxyl groups is 1. The number of β-amino-alcohol motifs (C(OH)–C–C–N with tert-alkyl or cyclic N) is 1. The van der Waals surface area contributed by atoms with Gasteiger partial charge in [-0.2, -0.15) is 0 Å². The molecule has 2 aromatic rings. The van der Waals surface area contributed by atoms with Gasteiger partial charge in [0.05, 0.1) is 11.7 Å². The maximum Gasteiger partial charge on any atom is 0.254 e. The van der Waals surface area contributed by atoms with Crippen LogP contribution in [0.25, 0.3) is 0 Å². The number of rotatable bonds is 3. The number of ketones is 1. The minimum atomic E-state index is -0.486. The molecule has 0 radical (unpaired) electrons.